The van der Waals surface area contributed by atoms with Gasteiger partial charge in [-0.1, -0.05) is 59.8 Å². The summed E-state index contributed by atoms with van der Waals surface area (Å²) in [6.45, 7) is 0.115. The van der Waals surface area contributed by atoms with E-state index in [1.165, 1.54) is 16.7 Å². The Morgan fingerprint density at radius 1 is 0.968 bits per heavy atom. The zero-order valence-electron chi connectivity index (χ0n) is 16.3. The molecule has 8 heteroatoms. The summed E-state index contributed by atoms with van der Waals surface area (Å²) >= 11 is 7.23. The number of amides is 2. The van der Waals surface area contributed by atoms with Gasteiger partial charge in [0, 0.05) is 26.8 Å². The van der Waals surface area contributed by atoms with Crippen LogP contribution in [0.2, 0.25) is 5.02 Å². The van der Waals surface area contributed by atoms with Gasteiger partial charge in [-0.25, -0.2) is 5.43 Å². The highest BCUT2D eigenvalue weighted by Crippen LogP contribution is 2.29. The Balaban J connectivity index is 1.40. The molecule has 0 atom stereocenters. The molecule has 0 bridgehead atoms. The summed E-state index contributed by atoms with van der Waals surface area (Å²) in [4.78, 5) is 26.6. The number of rotatable bonds is 4. The van der Waals surface area contributed by atoms with E-state index < -0.39 is 0 Å². The molecule has 5 rings (SSSR count). The molecule has 154 valence electrons. The van der Waals surface area contributed by atoms with Crippen LogP contribution in [0.3, 0.4) is 0 Å². The second-order valence-corrected chi connectivity index (χ2v) is 8.42. The molecule has 31 heavy (non-hydrogen) atoms. The molecule has 3 aromatic carbocycles. The number of benzene rings is 3. The van der Waals surface area contributed by atoms with Crippen LogP contribution in [0, 0.1) is 0 Å². The average molecular weight is 449 g/mol. The summed E-state index contributed by atoms with van der Waals surface area (Å²) < 4.78 is 1.98. The zero-order valence-corrected chi connectivity index (χ0v) is 17.9. The van der Waals surface area contributed by atoms with Gasteiger partial charge in [-0.05, 0) is 36.4 Å². The Bertz CT molecular complexity index is 1290. The molecule has 0 spiro atoms. The maximum atomic E-state index is 12.8. The number of carbonyl (C=O) groups excluding carboxylic acids is 2. The number of halogens is 1. The maximum Gasteiger partial charge on any atom is 0.260 e. The minimum absolute atomic E-state index is 0.0947. The lowest BCUT2D eigenvalue weighted by atomic mass is 10.2. The first-order valence-electron chi connectivity index (χ1n) is 9.65. The summed E-state index contributed by atoms with van der Waals surface area (Å²) in [5.74, 6) is -0.0952. The molecule has 1 aliphatic rings. The number of aromatic nitrogens is 1. The highest BCUT2D eigenvalue weighted by atomic mass is 35.5. The second kappa shape index (κ2) is 8.09. The number of amidine groups is 1. The van der Waals surface area contributed by atoms with Crippen molar-refractivity contribution in [2.75, 3.05) is 10.7 Å². The first kappa shape index (κ1) is 19.7. The number of anilines is 1. The van der Waals surface area contributed by atoms with Crippen molar-refractivity contribution >= 4 is 67.8 Å². The van der Waals surface area contributed by atoms with Crippen LogP contribution >= 0.6 is 23.4 Å². The Morgan fingerprint density at radius 2 is 1.58 bits per heavy atom. The largest absolute Gasteiger partial charge is 0.331 e. The average Bonchev–Trinajstić information content (AvgIpc) is 3.31. The topological polar surface area (TPSA) is 66.7 Å². The molecule has 1 saturated heterocycles. The van der Waals surface area contributed by atoms with Gasteiger partial charge in [0.05, 0.1) is 11.4 Å². The lowest BCUT2D eigenvalue weighted by molar-refractivity contribution is -0.121. The lowest BCUT2D eigenvalue weighted by Crippen LogP contribution is -2.32. The molecule has 0 radical (unpaired) electrons. The van der Waals surface area contributed by atoms with Crippen LogP contribution in [-0.4, -0.2) is 27.3 Å². The molecule has 6 nitrogen and oxygen atoms in total. The van der Waals surface area contributed by atoms with E-state index in [1.807, 2.05) is 41.0 Å². The molecule has 2 heterocycles. The number of thioether (sulfide) groups is 1. The van der Waals surface area contributed by atoms with Crippen LogP contribution in [-0.2, 0) is 16.1 Å². The molecule has 2 amide bonds. The number of nitrogens with one attached hydrogen (secondary N) is 1. The van der Waals surface area contributed by atoms with E-state index >= 15 is 0 Å². The number of fused-ring (bicyclic) bond motifs is 3. The monoisotopic (exact) mass is 448 g/mol. The van der Waals surface area contributed by atoms with Crippen molar-refractivity contribution in [3.8, 4) is 0 Å². The molecule has 1 aliphatic heterocycles. The molecule has 0 unspecified atom stereocenters. The van der Waals surface area contributed by atoms with Gasteiger partial charge in [0.15, 0.2) is 5.17 Å². The van der Waals surface area contributed by atoms with Gasteiger partial charge in [-0.2, -0.15) is 0 Å². The fraction of sp³-hybridized carbons (Fsp3) is 0.0870. The predicted octanol–water partition coefficient (Wildman–Crippen LogP) is 4.62. The first-order valence-corrected chi connectivity index (χ1v) is 11.0. The van der Waals surface area contributed by atoms with Crippen LogP contribution in [0.4, 0.5) is 5.69 Å². The Morgan fingerprint density at radius 3 is 2.23 bits per heavy atom. The van der Waals surface area contributed by atoms with Crippen molar-refractivity contribution < 1.29 is 9.59 Å². The normalized spacial score (nSPS) is 15.3. The molecule has 1 fully saturated rings. The van der Waals surface area contributed by atoms with E-state index in [0.717, 1.165) is 21.8 Å². The van der Waals surface area contributed by atoms with Gasteiger partial charge in [0.2, 0.25) is 5.91 Å². The third-order valence-corrected chi connectivity index (χ3v) is 6.28. The van der Waals surface area contributed by atoms with E-state index in [1.54, 1.807) is 24.3 Å². The van der Waals surface area contributed by atoms with Crippen molar-refractivity contribution in [2.45, 2.75) is 6.54 Å². The quantitative estimate of drug-likeness (QED) is 0.463. The summed E-state index contributed by atoms with van der Waals surface area (Å²) in [5, 5.41) is 7.45. The minimum Gasteiger partial charge on any atom is -0.331 e. The van der Waals surface area contributed by atoms with E-state index in [-0.39, 0.29) is 24.1 Å². The van der Waals surface area contributed by atoms with Crippen molar-refractivity contribution in [2.24, 2.45) is 5.10 Å². The number of para-hydroxylation sites is 2. The molecule has 1 N–H and O–H groups in total. The van der Waals surface area contributed by atoms with Crippen LogP contribution in [0.5, 0.6) is 0 Å². The number of carbonyl (C=O) groups is 2. The Kier molecular flexibility index (Phi) is 5.13. The number of hydrazone groups is 1. The van der Waals surface area contributed by atoms with Crippen LogP contribution in [0.25, 0.3) is 21.8 Å². The maximum absolute atomic E-state index is 12.8. The summed E-state index contributed by atoms with van der Waals surface area (Å²) in [6.07, 6.45) is 0. The summed E-state index contributed by atoms with van der Waals surface area (Å²) in [5.41, 5.74) is 5.24. The van der Waals surface area contributed by atoms with E-state index in [4.69, 9.17) is 11.6 Å². The van der Waals surface area contributed by atoms with Crippen molar-refractivity contribution in [1.29, 1.82) is 0 Å². The fourth-order valence-electron chi connectivity index (χ4n) is 3.75. The highest BCUT2D eigenvalue weighted by Gasteiger charge is 2.30. The van der Waals surface area contributed by atoms with Gasteiger partial charge in [-0.3, -0.25) is 14.5 Å². The van der Waals surface area contributed by atoms with Crippen molar-refractivity contribution in [1.82, 2.24) is 9.99 Å². The van der Waals surface area contributed by atoms with Gasteiger partial charge in [-0.15, -0.1) is 5.10 Å². The van der Waals surface area contributed by atoms with Crippen molar-refractivity contribution in [3.05, 3.63) is 77.8 Å². The predicted molar refractivity (Wildman–Crippen MR) is 126 cm³/mol. The molecule has 1 aromatic heterocycles. The van der Waals surface area contributed by atoms with Crippen LogP contribution in [0.15, 0.2) is 77.9 Å². The highest BCUT2D eigenvalue weighted by molar-refractivity contribution is 8.15. The van der Waals surface area contributed by atoms with Crippen LogP contribution < -0.4 is 10.3 Å². The van der Waals surface area contributed by atoms with Crippen LogP contribution in [0.1, 0.15) is 0 Å². The smallest absolute Gasteiger partial charge is 0.260 e. The number of hydrogen-bond acceptors (Lipinski definition) is 4. The molecule has 0 aliphatic carbocycles. The van der Waals surface area contributed by atoms with Gasteiger partial charge < -0.3 is 4.57 Å². The number of hydrogen-bond donors (Lipinski definition) is 1. The molecule has 0 saturated carbocycles. The molecular formula is C23H17ClN4O2S. The van der Waals surface area contributed by atoms with Gasteiger partial charge >= 0.3 is 0 Å². The third kappa shape index (κ3) is 3.66. The van der Waals surface area contributed by atoms with E-state index in [9.17, 15) is 9.59 Å². The first-order chi connectivity index (χ1) is 15.1. The molecular weight excluding hydrogens is 432 g/mol. The summed E-state index contributed by atoms with van der Waals surface area (Å²) in [7, 11) is 0. The van der Waals surface area contributed by atoms with Crippen molar-refractivity contribution in [3.63, 3.8) is 0 Å². The van der Waals surface area contributed by atoms with Gasteiger partial charge in [0.25, 0.3) is 5.91 Å². The second-order valence-electron chi connectivity index (χ2n) is 7.04. The number of nitrogens with zero attached hydrogens (tertiary/aromatic N) is 3. The van der Waals surface area contributed by atoms with E-state index in [2.05, 4.69) is 22.7 Å². The van der Waals surface area contributed by atoms with E-state index in [0.29, 0.717) is 15.9 Å². The Hall–Kier alpha value is -3.29. The zero-order chi connectivity index (χ0) is 21.4. The SMILES string of the molecule is O=C(Cn1c2ccccc2c2ccccc21)NN=C1SCC(=O)N1c1ccc(Cl)cc1. The lowest BCUT2D eigenvalue weighted by Gasteiger charge is -2.16. The molecule has 4 aromatic rings. The standard InChI is InChI=1S/C23H17ClN4O2S/c24-15-9-11-16(12-10-15)28-22(30)14-31-23(28)26-25-21(29)13-27-19-7-3-1-5-17(19)18-6-2-4-8-20(18)27/h1-12H,13-14H2,(H,25,29). The minimum atomic E-state index is -0.269. The van der Waals surface area contributed by atoms with Gasteiger partial charge in [0.1, 0.15) is 6.54 Å². The Labute approximate surface area is 187 Å². The third-order valence-electron chi connectivity index (χ3n) is 5.11. The fourth-order valence-corrected chi connectivity index (χ4v) is 4.71. The summed E-state index contributed by atoms with van der Waals surface area (Å²) in [6, 6.07) is 22.9.